The summed E-state index contributed by atoms with van der Waals surface area (Å²) in [6.07, 6.45) is 1.91. The van der Waals surface area contributed by atoms with E-state index in [9.17, 15) is 23.1 Å². The molecule has 3 heterocycles. The molecule has 1 saturated carbocycles. The van der Waals surface area contributed by atoms with Crippen molar-refractivity contribution in [3.8, 4) is 0 Å². The number of imidazole rings is 1. The number of halogens is 3. The van der Waals surface area contributed by atoms with E-state index in [1.165, 1.54) is 18.6 Å². The van der Waals surface area contributed by atoms with Crippen LogP contribution in [0.15, 0.2) is 24.3 Å². The molecule has 3 aromatic rings. The van der Waals surface area contributed by atoms with Crippen molar-refractivity contribution in [3.05, 3.63) is 47.0 Å². The van der Waals surface area contributed by atoms with Crippen LogP contribution in [0.25, 0.3) is 11.2 Å². The summed E-state index contributed by atoms with van der Waals surface area (Å²) in [5.74, 6) is 0.00106. The van der Waals surface area contributed by atoms with E-state index in [0.717, 1.165) is 50.8 Å². The number of hydrogen-bond acceptors (Lipinski definition) is 6. The van der Waals surface area contributed by atoms with Crippen LogP contribution in [0, 0.1) is 5.92 Å². The molecule has 0 amide bonds. The summed E-state index contributed by atoms with van der Waals surface area (Å²) < 4.78 is 41.4. The van der Waals surface area contributed by atoms with Crippen LogP contribution in [-0.4, -0.2) is 55.1 Å². The number of piperidine rings is 1. The third-order valence-corrected chi connectivity index (χ3v) is 7.74. The quantitative estimate of drug-likeness (QED) is 0.437. The largest absolute Gasteiger partial charge is 0.475 e. The summed E-state index contributed by atoms with van der Waals surface area (Å²) >= 11 is 0. The Bertz CT molecular complexity index is 1290. The van der Waals surface area contributed by atoms with Gasteiger partial charge in [0.15, 0.2) is 11.5 Å². The molecular weight excluding hydrogens is 485 g/mol. The average Bonchev–Trinajstić information content (AvgIpc) is 3.16. The van der Waals surface area contributed by atoms with Gasteiger partial charge in [0.05, 0.1) is 11.6 Å². The van der Waals surface area contributed by atoms with E-state index in [1.54, 1.807) is 0 Å². The highest BCUT2D eigenvalue weighted by molar-refractivity contribution is 5.90. The molecule has 198 valence electrons. The molecule has 1 saturated heterocycles. The Morgan fingerprint density at radius 2 is 1.84 bits per heavy atom. The molecule has 2 atom stereocenters. The Kier molecular flexibility index (Phi) is 6.82. The lowest BCUT2D eigenvalue weighted by Crippen LogP contribution is -2.32. The van der Waals surface area contributed by atoms with Gasteiger partial charge in [-0.1, -0.05) is 25.0 Å². The highest BCUT2D eigenvalue weighted by Gasteiger charge is 2.32. The van der Waals surface area contributed by atoms with Gasteiger partial charge in [-0.3, -0.25) is 4.90 Å². The van der Waals surface area contributed by atoms with Crippen molar-refractivity contribution in [2.24, 2.45) is 5.92 Å². The van der Waals surface area contributed by atoms with Gasteiger partial charge in [-0.15, -0.1) is 0 Å². The van der Waals surface area contributed by atoms with E-state index >= 15 is 0 Å². The summed E-state index contributed by atoms with van der Waals surface area (Å²) in [5, 5.41) is 13.1. The summed E-state index contributed by atoms with van der Waals surface area (Å²) in [6.45, 7) is 3.21. The Hall–Kier alpha value is -3.21. The Morgan fingerprint density at radius 1 is 1.11 bits per heavy atom. The van der Waals surface area contributed by atoms with Gasteiger partial charge in [0, 0.05) is 12.6 Å². The van der Waals surface area contributed by atoms with Gasteiger partial charge >= 0.3 is 12.1 Å². The second-order valence-electron chi connectivity index (χ2n) is 10.2. The monoisotopic (exact) mass is 516 g/mol. The van der Waals surface area contributed by atoms with Crippen LogP contribution < -0.4 is 5.32 Å². The predicted molar refractivity (Wildman–Crippen MR) is 132 cm³/mol. The minimum atomic E-state index is -4.41. The van der Waals surface area contributed by atoms with Gasteiger partial charge in [-0.05, 0) is 69.8 Å². The molecule has 2 N–H and O–H groups in total. The van der Waals surface area contributed by atoms with Crippen molar-refractivity contribution in [2.75, 3.05) is 18.9 Å². The maximum atomic E-state index is 13.1. The lowest BCUT2D eigenvalue weighted by molar-refractivity contribution is -0.137. The highest BCUT2D eigenvalue weighted by atomic mass is 19.4. The molecule has 8 nitrogen and oxygen atoms in total. The van der Waals surface area contributed by atoms with Crippen LogP contribution in [-0.2, 0) is 12.7 Å². The molecule has 1 aliphatic carbocycles. The molecule has 37 heavy (non-hydrogen) atoms. The van der Waals surface area contributed by atoms with Crippen LogP contribution >= 0.6 is 0 Å². The zero-order valence-electron chi connectivity index (χ0n) is 20.9. The van der Waals surface area contributed by atoms with E-state index in [-0.39, 0.29) is 30.1 Å². The number of aromatic carboxylic acids is 1. The first-order valence-electron chi connectivity index (χ1n) is 12.8. The molecule has 0 radical (unpaired) electrons. The number of anilines is 1. The number of carboxylic acid groups (broad SMARTS) is 1. The Balaban J connectivity index is 1.64. The van der Waals surface area contributed by atoms with E-state index in [1.807, 2.05) is 11.6 Å². The van der Waals surface area contributed by atoms with Crippen molar-refractivity contribution in [1.29, 1.82) is 0 Å². The minimum Gasteiger partial charge on any atom is -0.475 e. The predicted octanol–water partition coefficient (Wildman–Crippen LogP) is 5.35. The molecule has 5 rings (SSSR count). The number of carboxylic acids is 1. The third-order valence-electron chi connectivity index (χ3n) is 7.74. The first-order chi connectivity index (χ1) is 17.6. The minimum absolute atomic E-state index is 0.0254. The molecule has 2 aliphatic rings. The number of nitrogens with one attached hydrogen (secondary N) is 1. The lowest BCUT2D eigenvalue weighted by atomic mass is 9.80. The normalized spacial score (nSPS) is 20.1. The second-order valence-corrected chi connectivity index (χ2v) is 10.2. The summed E-state index contributed by atoms with van der Waals surface area (Å²) in [6, 6.07) is 5.15. The topological polar surface area (TPSA) is 96.2 Å². The van der Waals surface area contributed by atoms with Crippen LogP contribution in [0.3, 0.4) is 0 Å². The molecule has 1 aromatic carbocycles. The molecule has 0 spiro atoms. The van der Waals surface area contributed by atoms with Gasteiger partial charge in [0.1, 0.15) is 11.3 Å². The average molecular weight is 517 g/mol. The number of likely N-dealkylation sites (tertiary alicyclic amines) is 1. The molecule has 2 fully saturated rings. The first kappa shape index (κ1) is 25.4. The zero-order chi connectivity index (χ0) is 26.3. The van der Waals surface area contributed by atoms with Crippen LogP contribution in [0.5, 0.6) is 0 Å². The van der Waals surface area contributed by atoms with Crippen molar-refractivity contribution >= 4 is 23.0 Å². The zero-order valence-corrected chi connectivity index (χ0v) is 20.9. The summed E-state index contributed by atoms with van der Waals surface area (Å²) in [7, 11) is 2.03. The van der Waals surface area contributed by atoms with Crippen molar-refractivity contribution in [3.63, 3.8) is 0 Å². The maximum Gasteiger partial charge on any atom is 0.416 e. The molecule has 2 unspecified atom stereocenters. The van der Waals surface area contributed by atoms with Gasteiger partial charge in [0.2, 0.25) is 5.82 Å². The van der Waals surface area contributed by atoms with E-state index in [2.05, 4.69) is 27.1 Å². The number of nitrogens with zero attached hydrogens (tertiary/aromatic N) is 5. The number of fused-ring (bicyclic) bond motifs is 1. The Labute approximate surface area is 212 Å². The molecule has 0 bridgehead atoms. The molecule has 11 heteroatoms. The smallest absolute Gasteiger partial charge is 0.416 e. The number of benzene rings is 1. The number of aromatic nitrogens is 4. The fraction of sp³-hybridized carbons (Fsp3) is 0.538. The summed E-state index contributed by atoms with van der Waals surface area (Å²) in [4.78, 5) is 27.5. The van der Waals surface area contributed by atoms with E-state index < -0.39 is 17.7 Å². The van der Waals surface area contributed by atoms with Crippen LogP contribution in [0.1, 0.15) is 79.1 Å². The van der Waals surface area contributed by atoms with Gasteiger partial charge in [-0.2, -0.15) is 13.2 Å². The second kappa shape index (κ2) is 9.92. The number of carbonyl (C=O) groups is 1. The summed E-state index contributed by atoms with van der Waals surface area (Å²) in [5.41, 5.74) is 0.819. The van der Waals surface area contributed by atoms with Gasteiger partial charge in [0.25, 0.3) is 0 Å². The first-order valence-corrected chi connectivity index (χ1v) is 12.8. The Morgan fingerprint density at radius 3 is 2.43 bits per heavy atom. The fourth-order valence-electron chi connectivity index (χ4n) is 5.32. The molecule has 2 aromatic heterocycles. The van der Waals surface area contributed by atoms with Crippen molar-refractivity contribution in [2.45, 2.75) is 70.3 Å². The van der Waals surface area contributed by atoms with Crippen LogP contribution in [0.4, 0.5) is 19.0 Å². The van der Waals surface area contributed by atoms with Gasteiger partial charge in [-0.25, -0.2) is 19.7 Å². The molecular formula is C26H31F3N6O2. The van der Waals surface area contributed by atoms with Crippen LogP contribution in [0.2, 0.25) is 0 Å². The lowest BCUT2D eigenvalue weighted by Gasteiger charge is -2.33. The standard InChI is InChI=1S/C26H31F3N6O2/c1-15(17-6-5-7-17)30-21-20-22(32-23(31-21)25(36)37)33-24(19-8-3-4-13-34(19)2)35(20)14-16-9-11-18(12-10-16)26(27,28)29/h9-12,15,17,19H,3-8,13-14H2,1-2H3,(H,36,37)(H,30,31,32). The number of alkyl halides is 3. The van der Waals surface area contributed by atoms with Crippen molar-refractivity contribution in [1.82, 2.24) is 24.4 Å². The fourth-order valence-corrected chi connectivity index (χ4v) is 5.32. The number of rotatable bonds is 7. The van der Waals surface area contributed by atoms with Gasteiger partial charge < -0.3 is 15.0 Å². The van der Waals surface area contributed by atoms with Crippen molar-refractivity contribution < 1.29 is 23.1 Å². The highest BCUT2D eigenvalue weighted by Crippen LogP contribution is 2.36. The maximum absolute atomic E-state index is 13.1. The number of hydrogen-bond donors (Lipinski definition) is 2. The van der Waals surface area contributed by atoms with E-state index in [4.69, 9.17) is 4.98 Å². The third kappa shape index (κ3) is 5.14. The molecule has 1 aliphatic heterocycles. The van der Waals surface area contributed by atoms with E-state index in [0.29, 0.717) is 28.6 Å². The SMILES string of the molecule is CC(Nc1nc(C(=O)O)nc2nc(C3CCCCN3C)n(Cc3ccc(C(F)(F)F)cc3)c12)C1CCC1.